The van der Waals surface area contributed by atoms with Crippen molar-refractivity contribution in [3.05, 3.63) is 54.2 Å². The van der Waals surface area contributed by atoms with Gasteiger partial charge in [0, 0.05) is 25.0 Å². The van der Waals surface area contributed by atoms with Gasteiger partial charge in [0.05, 0.1) is 5.92 Å². The lowest BCUT2D eigenvalue weighted by atomic mass is 9.97. The summed E-state index contributed by atoms with van der Waals surface area (Å²) in [7, 11) is 0. The highest BCUT2D eigenvalue weighted by Crippen LogP contribution is 2.23. The summed E-state index contributed by atoms with van der Waals surface area (Å²) in [5.41, 5.74) is 2.92. The molecule has 3 heterocycles. The van der Waals surface area contributed by atoms with Crippen LogP contribution in [0.25, 0.3) is 5.65 Å². The first-order valence-corrected chi connectivity index (χ1v) is 9.19. The van der Waals surface area contributed by atoms with Crippen LogP contribution in [0.3, 0.4) is 0 Å². The van der Waals surface area contributed by atoms with Crippen molar-refractivity contribution >= 4 is 23.2 Å². The van der Waals surface area contributed by atoms with Crippen LogP contribution in [0.15, 0.2) is 48.7 Å². The van der Waals surface area contributed by atoms with Crippen LogP contribution in [-0.4, -0.2) is 33.6 Å². The van der Waals surface area contributed by atoms with Gasteiger partial charge in [-0.1, -0.05) is 25.1 Å². The Bertz CT molecular complexity index is 919. The van der Waals surface area contributed by atoms with Crippen LogP contribution in [0.4, 0.5) is 11.6 Å². The Morgan fingerprint density at radius 1 is 1.23 bits per heavy atom. The number of carbonyl (C=O) groups is 1. The number of piperidine rings is 1. The fourth-order valence-electron chi connectivity index (χ4n) is 3.53. The van der Waals surface area contributed by atoms with Crippen molar-refractivity contribution in [3.63, 3.8) is 0 Å². The molecule has 6 heteroatoms. The molecule has 1 saturated heterocycles. The van der Waals surface area contributed by atoms with Crippen molar-refractivity contribution in [2.24, 2.45) is 5.92 Å². The summed E-state index contributed by atoms with van der Waals surface area (Å²) < 4.78 is 1.98. The molecule has 0 spiro atoms. The number of carbonyl (C=O) groups excluding carboxylic acids is 1. The van der Waals surface area contributed by atoms with Crippen LogP contribution in [0, 0.1) is 5.92 Å². The molecule has 1 aliphatic heterocycles. The summed E-state index contributed by atoms with van der Waals surface area (Å²) in [6.45, 7) is 3.67. The van der Waals surface area contributed by atoms with E-state index in [2.05, 4.69) is 33.4 Å². The van der Waals surface area contributed by atoms with E-state index >= 15 is 0 Å². The molecule has 0 aliphatic carbocycles. The molecule has 1 unspecified atom stereocenters. The Kier molecular flexibility index (Phi) is 4.56. The lowest BCUT2D eigenvalue weighted by Crippen LogP contribution is -2.41. The maximum absolute atomic E-state index is 12.8. The second-order valence-corrected chi connectivity index (χ2v) is 6.76. The van der Waals surface area contributed by atoms with E-state index in [4.69, 9.17) is 0 Å². The molecular weight excluding hydrogens is 326 g/mol. The van der Waals surface area contributed by atoms with Gasteiger partial charge in [-0.05, 0) is 49.1 Å². The topological polar surface area (TPSA) is 62.5 Å². The maximum atomic E-state index is 12.8. The fraction of sp³-hybridized carbons (Fsp3) is 0.350. The molecule has 0 radical (unpaired) electrons. The first-order valence-electron chi connectivity index (χ1n) is 9.19. The van der Waals surface area contributed by atoms with Gasteiger partial charge in [0.15, 0.2) is 5.65 Å². The predicted octanol–water partition coefficient (Wildman–Crippen LogP) is 3.15. The van der Waals surface area contributed by atoms with Gasteiger partial charge < -0.3 is 10.2 Å². The van der Waals surface area contributed by atoms with Crippen molar-refractivity contribution in [2.75, 3.05) is 23.3 Å². The van der Waals surface area contributed by atoms with Crippen LogP contribution >= 0.6 is 0 Å². The van der Waals surface area contributed by atoms with E-state index in [1.54, 1.807) is 0 Å². The fourth-order valence-corrected chi connectivity index (χ4v) is 3.53. The van der Waals surface area contributed by atoms with Crippen molar-refractivity contribution in [1.82, 2.24) is 14.6 Å². The van der Waals surface area contributed by atoms with Gasteiger partial charge in [-0.2, -0.15) is 0 Å². The molecule has 1 N–H and O–H groups in total. The first-order chi connectivity index (χ1) is 12.7. The average Bonchev–Trinajstić information content (AvgIpc) is 3.12. The molecule has 134 valence electrons. The SMILES string of the molecule is CCc1cccc(NC(=O)C2CCCN(c3nnc4ccccn34)C2)c1. The molecule has 6 nitrogen and oxygen atoms in total. The van der Waals surface area contributed by atoms with Crippen LogP contribution < -0.4 is 10.2 Å². The number of pyridine rings is 1. The van der Waals surface area contributed by atoms with Crippen molar-refractivity contribution in [2.45, 2.75) is 26.2 Å². The maximum Gasteiger partial charge on any atom is 0.231 e. The highest BCUT2D eigenvalue weighted by Gasteiger charge is 2.28. The Balaban J connectivity index is 1.48. The van der Waals surface area contributed by atoms with E-state index in [0.717, 1.165) is 43.1 Å². The molecule has 2 aromatic heterocycles. The van der Waals surface area contributed by atoms with E-state index in [1.807, 2.05) is 47.0 Å². The molecule has 1 fully saturated rings. The zero-order chi connectivity index (χ0) is 17.9. The average molecular weight is 349 g/mol. The third kappa shape index (κ3) is 3.27. The van der Waals surface area contributed by atoms with Gasteiger partial charge in [-0.15, -0.1) is 10.2 Å². The summed E-state index contributed by atoms with van der Waals surface area (Å²) >= 11 is 0. The molecular formula is C20H23N5O. The number of hydrogen-bond acceptors (Lipinski definition) is 4. The molecule has 0 saturated carbocycles. The van der Waals surface area contributed by atoms with Crippen LogP contribution in [0.2, 0.25) is 0 Å². The number of nitrogens with zero attached hydrogens (tertiary/aromatic N) is 4. The van der Waals surface area contributed by atoms with E-state index in [1.165, 1.54) is 5.56 Å². The minimum atomic E-state index is -0.0508. The van der Waals surface area contributed by atoms with Crippen molar-refractivity contribution in [3.8, 4) is 0 Å². The van der Waals surface area contributed by atoms with Gasteiger partial charge in [-0.25, -0.2) is 0 Å². The molecule has 1 aromatic carbocycles. The summed E-state index contributed by atoms with van der Waals surface area (Å²) in [6, 6.07) is 13.9. The highest BCUT2D eigenvalue weighted by molar-refractivity contribution is 5.93. The van der Waals surface area contributed by atoms with E-state index < -0.39 is 0 Å². The summed E-state index contributed by atoms with van der Waals surface area (Å²) in [4.78, 5) is 14.9. The predicted molar refractivity (Wildman–Crippen MR) is 102 cm³/mol. The number of benzene rings is 1. The van der Waals surface area contributed by atoms with Gasteiger partial charge in [0.2, 0.25) is 11.9 Å². The minimum Gasteiger partial charge on any atom is -0.340 e. The van der Waals surface area contributed by atoms with E-state index in [-0.39, 0.29) is 11.8 Å². The van der Waals surface area contributed by atoms with Gasteiger partial charge in [0.25, 0.3) is 0 Å². The summed E-state index contributed by atoms with van der Waals surface area (Å²) in [5, 5.41) is 11.6. The first kappa shape index (κ1) is 16.6. The number of fused-ring (bicyclic) bond motifs is 1. The quantitative estimate of drug-likeness (QED) is 0.786. The van der Waals surface area contributed by atoms with Crippen LogP contribution in [-0.2, 0) is 11.2 Å². The smallest absolute Gasteiger partial charge is 0.231 e. The number of aryl methyl sites for hydroxylation is 1. The lowest BCUT2D eigenvalue weighted by Gasteiger charge is -2.32. The lowest BCUT2D eigenvalue weighted by molar-refractivity contribution is -0.120. The molecule has 3 aromatic rings. The third-order valence-corrected chi connectivity index (χ3v) is 4.97. The largest absolute Gasteiger partial charge is 0.340 e. The van der Waals surface area contributed by atoms with Crippen molar-refractivity contribution in [1.29, 1.82) is 0 Å². The van der Waals surface area contributed by atoms with Gasteiger partial charge in [0.1, 0.15) is 0 Å². The Morgan fingerprint density at radius 3 is 3.04 bits per heavy atom. The molecule has 0 bridgehead atoms. The molecule has 1 aliphatic rings. The third-order valence-electron chi connectivity index (χ3n) is 4.97. The molecule has 26 heavy (non-hydrogen) atoms. The Labute approximate surface area is 152 Å². The van der Waals surface area contributed by atoms with Crippen LogP contribution in [0.5, 0.6) is 0 Å². The Morgan fingerprint density at radius 2 is 2.15 bits per heavy atom. The second kappa shape index (κ2) is 7.15. The van der Waals surface area contributed by atoms with E-state index in [0.29, 0.717) is 6.54 Å². The van der Waals surface area contributed by atoms with Crippen LogP contribution in [0.1, 0.15) is 25.3 Å². The normalized spacial score (nSPS) is 17.4. The number of rotatable bonds is 4. The number of hydrogen-bond donors (Lipinski definition) is 1. The number of aromatic nitrogens is 3. The zero-order valence-corrected chi connectivity index (χ0v) is 14.9. The minimum absolute atomic E-state index is 0.0508. The standard InChI is InChI=1S/C20H23N5O/c1-2-15-7-5-9-17(13-15)21-19(26)16-8-6-11-24(14-16)20-23-22-18-10-3-4-12-25(18)20/h3-5,7,9-10,12-13,16H,2,6,8,11,14H2,1H3,(H,21,26). The number of nitrogens with one attached hydrogen (secondary N) is 1. The second-order valence-electron chi connectivity index (χ2n) is 6.76. The molecule has 1 amide bonds. The van der Waals surface area contributed by atoms with Gasteiger partial charge in [-0.3, -0.25) is 9.20 Å². The van der Waals surface area contributed by atoms with E-state index in [9.17, 15) is 4.79 Å². The number of anilines is 2. The molecule has 1 atom stereocenters. The Hall–Kier alpha value is -2.89. The highest BCUT2D eigenvalue weighted by atomic mass is 16.1. The zero-order valence-electron chi connectivity index (χ0n) is 14.9. The summed E-state index contributed by atoms with van der Waals surface area (Å²) in [6.07, 6.45) is 4.78. The monoisotopic (exact) mass is 349 g/mol. The summed E-state index contributed by atoms with van der Waals surface area (Å²) in [5.74, 6) is 0.841. The van der Waals surface area contributed by atoms with Crippen molar-refractivity contribution < 1.29 is 4.79 Å². The molecule has 4 rings (SSSR count). The number of amides is 1. The van der Waals surface area contributed by atoms with Gasteiger partial charge >= 0.3 is 0 Å².